The summed E-state index contributed by atoms with van der Waals surface area (Å²) in [5, 5.41) is 8.62. The largest absolute Gasteiger partial charge is 0.346 e. The molecule has 25 heavy (non-hydrogen) atoms. The Morgan fingerprint density at radius 1 is 1.16 bits per heavy atom. The second-order valence-electron chi connectivity index (χ2n) is 6.00. The summed E-state index contributed by atoms with van der Waals surface area (Å²) in [4.78, 5) is 16.4. The van der Waals surface area contributed by atoms with Crippen molar-refractivity contribution >= 4 is 22.8 Å². The van der Waals surface area contributed by atoms with Crippen LogP contribution in [0.2, 0.25) is 0 Å². The minimum Gasteiger partial charge on any atom is -0.346 e. The maximum absolute atomic E-state index is 4.41. The predicted molar refractivity (Wildman–Crippen MR) is 96.9 cm³/mol. The lowest BCUT2D eigenvalue weighted by Crippen LogP contribution is -2.00. The van der Waals surface area contributed by atoms with E-state index in [-0.39, 0.29) is 0 Å². The first-order valence-electron chi connectivity index (χ1n) is 8.25. The molecule has 0 aliphatic carbocycles. The summed E-state index contributed by atoms with van der Waals surface area (Å²) in [6.07, 6.45) is 10.2. The lowest BCUT2D eigenvalue weighted by molar-refractivity contribution is 0.662. The molecule has 0 fully saturated rings. The minimum atomic E-state index is 0.543. The Morgan fingerprint density at radius 3 is 2.76 bits per heavy atom. The fourth-order valence-corrected chi connectivity index (χ4v) is 2.76. The van der Waals surface area contributed by atoms with Crippen molar-refractivity contribution < 1.29 is 0 Å². The Bertz CT molecular complexity index is 998. The predicted octanol–water partition coefficient (Wildman–Crippen LogP) is 3.21. The molecule has 7 heteroatoms. The van der Waals surface area contributed by atoms with Crippen LogP contribution in [0.25, 0.3) is 11.0 Å². The SMILES string of the molecule is CCn1ccc(Nc2ncc(Cc3c[nH]c4ncc(C)cc34)cn2)n1. The lowest BCUT2D eigenvalue weighted by atomic mass is 10.1. The number of aryl methyl sites for hydroxylation is 2. The molecule has 0 aliphatic rings. The van der Waals surface area contributed by atoms with Crippen molar-refractivity contribution in [3.05, 3.63) is 59.8 Å². The highest BCUT2D eigenvalue weighted by Crippen LogP contribution is 2.20. The van der Waals surface area contributed by atoms with Crippen LogP contribution in [0.1, 0.15) is 23.6 Å². The lowest BCUT2D eigenvalue weighted by Gasteiger charge is -2.03. The average Bonchev–Trinajstić information content (AvgIpc) is 3.24. The van der Waals surface area contributed by atoms with Gasteiger partial charge in [0.15, 0.2) is 5.82 Å². The van der Waals surface area contributed by atoms with Crippen LogP contribution in [0.3, 0.4) is 0 Å². The van der Waals surface area contributed by atoms with Crippen molar-refractivity contribution in [1.29, 1.82) is 0 Å². The quantitative estimate of drug-likeness (QED) is 0.586. The molecule has 0 atom stereocenters. The smallest absolute Gasteiger partial charge is 0.228 e. The maximum Gasteiger partial charge on any atom is 0.228 e. The highest BCUT2D eigenvalue weighted by Gasteiger charge is 2.07. The zero-order valence-corrected chi connectivity index (χ0v) is 14.2. The average molecular weight is 333 g/mol. The van der Waals surface area contributed by atoms with Gasteiger partial charge in [-0.05, 0) is 36.6 Å². The molecule has 0 spiro atoms. The number of aromatic amines is 1. The van der Waals surface area contributed by atoms with Gasteiger partial charge >= 0.3 is 0 Å². The summed E-state index contributed by atoms with van der Waals surface area (Å²) < 4.78 is 1.85. The van der Waals surface area contributed by atoms with E-state index in [2.05, 4.69) is 36.4 Å². The second kappa shape index (κ2) is 6.35. The Balaban J connectivity index is 1.50. The van der Waals surface area contributed by atoms with Gasteiger partial charge in [0, 0.05) is 55.4 Å². The molecule has 0 aromatic carbocycles. The van der Waals surface area contributed by atoms with Gasteiger partial charge < -0.3 is 10.3 Å². The number of rotatable bonds is 5. The van der Waals surface area contributed by atoms with Gasteiger partial charge in [0.25, 0.3) is 0 Å². The van der Waals surface area contributed by atoms with Gasteiger partial charge in [-0.1, -0.05) is 0 Å². The maximum atomic E-state index is 4.41. The summed E-state index contributed by atoms with van der Waals surface area (Å²) in [5.41, 5.74) is 4.30. The van der Waals surface area contributed by atoms with Gasteiger partial charge in [-0.15, -0.1) is 0 Å². The Labute approximate surface area is 145 Å². The third-order valence-corrected chi connectivity index (χ3v) is 4.06. The molecular formula is C18H19N7. The molecule has 4 heterocycles. The molecule has 4 aromatic heterocycles. The van der Waals surface area contributed by atoms with E-state index < -0.39 is 0 Å². The van der Waals surface area contributed by atoms with Gasteiger partial charge in [0.1, 0.15) is 5.65 Å². The van der Waals surface area contributed by atoms with Gasteiger partial charge in [0.2, 0.25) is 5.95 Å². The van der Waals surface area contributed by atoms with Crippen LogP contribution in [0.15, 0.2) is 43.1 Å². The van der Waals surface area contributed by atoms with E-state index in [1.54, 1.807) is 0 Å². The van der Waals surface area contributed by atoms with Crippen LogP contribution >= 0.6 is 0 Å². The highest BCUT2D eigenvalue weighted by atomic mass is 15.3. The molecule has 4 rings (SSSR count). The van der Waals surface area contributed by atoms with E-state index in [4.69, 9.17) is 0 Å². The van der Waals surface area contributed by atoms with E-state index in [0.717, 1.165) is 40.9 Å². The van der Waals surface area contributed by atoms with Crippen LogP contribution in [0.4, 0.5) is 11.8 Å². The number of H-pyrrole nitrogens is 1. The Hall–Kier alpha value is -3.22. The zero-order valence-electron chi connectivity index (χ0n) is 14.2. The first kappa shape index (κ1) is 15.3. The van der Waals surface area contributed by atoms with E-state index >= 15 is 0 Å². The van der Waals surface area contributed by atoms with Crippen molar-refractivity contribution in [3.63, 3.8) is 0 Å². The van der Waals surface area contributed by atoms with Crippen LogP contribution < -0.4 is 5.32 Å². The Kier molecular flexibility index (Phi) is 3.89. The number of nitrogens with one attached hydrogen (secondary N) is 2. The first-order valence-corrected chi connectivity index (χ1v) is 8.25. The molecule has 7 nitrogen and oxygen atoms in total. The van der Waals surface area contributed by atoms with E-state index in [0.29, 0.717) is 5.95 Å². The normalized spacial score (nSPS) is 11.1. The fourth-order valence-electron chi connectivity index (χ4n) is 2.76. The van der Waals surface area contributed by atoms with Gasteiger partial charge in [-0.3, -0.25) is 4.68 Å². The molecule has 0 amide bonds. The molecule has 0 aliphatic heterocycles. The van der Waals surface area contributed by atoms with Crippen molar-refractivity contribution in [1.82, 2.24) is 29.7 Å². The van der Waals surface area contributed by atoms with Gasteiger partial charge in [0.05, 0.1) is 0 Å². The monoisotopic (exact) mass is 333 g/mol. The minimum absolute atomic E-state index is 0.543. The molecule has 4 aromatic rings. The number of hydrogen-bond acceptors (Lipinski definition) is 5. The van der Waals surface area contributed by atoms with E-state index in [1.165, 1.54) is 5.56 Å². The molecule has 0 saturated heterocycles. The number of anilines is 2. The Morgan fingerprint density at radius 2 is 2.00 bits per heavy atom. The van der Waals surface area contributed by atoms with Crippen LogP contribution in [0, 0.1) is 6.92 Å². The zero-order chi connectivity index (χ0) is 17.2. The molecule has 2 N–H and O–H groups in total. The third kappa shape index (κ3) is 3.21. The second-order valence-corrected chi connectivity index (χ2v) is 6.00. The molecule has 0 bridgehead atoms. The van der Waals surface area contributed by atoms with Crippen molar-refractivity contribution in [2.24, 2.45) is 0 Å². The summed E-state index contributed by atoms with van der Waals surface area (Å²) in [7, 11) is 0. The topological polar surface area (TPSA) is 84.3 Å². The summed E-state index contributed by atoms with van der Waals surface area (Å²) in [6, 6.07) is 4.05. The van der Waals surface area contributed by atoms with Crippen LogP contribution in [-0.4, -0.2) is 29.7 Å². The molecule has 0 radical (unpaired) electrons. The number of fused-ring (bicyclic) bond motifs is 1. The summed E-state index contributed by atoms with van der Waals surface area (Å²) in [6.45, 7) is 4.93. The standard InChI is InChI=1S/C18H19N7/c1-3-25-5-4-16(24-25)23-18-21-9-13(10-22-18)7-14-11-20-17-15(14)6-12(2)8-19-17/h4-6,8-11H,3,7H2,1-2H3,(H,19,20)(H,21,22,23,24). The van der Waals surface area contributed by atoms with E-state index in [9.17, 15) is 0 Å². The van der Waals surface area contributed by atoms with E-state index in [1.807, 2.05) is 55.6 Å². The molecule has 126 valence electrons. The van der Waals surface area contributed by atoms with Crippen molar-refractivity contribution in [2.45, 2.75) is 26.8 Å². The van der Waals surface area contributed by atoms with Crippen molar-refractivity contribution in [2.75, 3.05) is 5.32 Å². The molecule has 0 saturated carbocycles. The van der Waals surface area contributed by atoms with Gasteiger partial charge in [-0.25, -0.2) is 15.0 Å². The fraction of sp³-hybridized carbons (Fsp3) is 0.222. The number of hydrogen-bond donors (Lipinski definition) is 2. The van der Waals surface area contributed by atoms with Crippen molar-refractivity contribution in [3.8, 4) is 0 Å². The first-order chi connectivity index (χ1) is 12.2. The molecule has 0 unspecified atom stereocenters. The van der Waals surface area contributed by atoms with Crippen LogP contribution in [0.5, 0.6) is 0 Å². The summed E-state index contributed by atoms with van der Waals surface area (Å²) in [5.74, 6) is 1.29. The number of aromatic nitrogens is 6. The third-order valence-electron chi connectivity index (χ3n) is 4.06. The summed E-state index contributed by atoms with van der Waals surface area (Å²) >= 11 is 0. The highest BCUT2D eigenvalue weighted by molar-refractivity contribution is 5.80. The van der Waals surface area contributed by atoms with Gasteiger partial charge in [-0.2, -0.15) is 5.10 Å². The molecular weight excluding hydrogens is 314 g/mol. The van der Waals surface area contributed by atoms with Crippen LogP contribution in [-0.2, 0) is 13.0 Å². The number of pyridine rings is 1. The number of nitrogens with zero attached hydrogens (tertiary/aromatic N) is 5.